The number of amides is 2. The summed E-state index contributed by atoms with van der Waals surface area (Å²) in [7, 11) is 0. The van der Waals surface area contributed by atoms with E-state index in [2.05, 4.69) is 26.1 Å². The van der Waals surface area contributed by atoms with Crippen LogP contribution >= 0.6 is 0 Å². The summed E-state index contributed by atoms with van der Waals surface area (Å²) in [6.45, 7) is 6.52. The monoisotopic (exact) mass is 341 g/mol. The summed E-state index contributed by atoms with van der Waals surface area (Å²) in [5, 5.41) is 3.15. The first kappa shape index (κ1) is 22.9. The lowest BCUT2D eigenvalue weighted by molar-refractivity contribution is -0.124. The van der Waals surface area contributed by atoms with Gasteiger partial charge in [0.05, 0.1) is 6.04 Å². The lowest BCUT2D eigenvalue weighted by atomic mass is 9.87. The summed E-state index contributed by atoms with van der Waals surface area (Å²) in [6.07, 6.45) is 12.0. The number of hydrogen-bond donors (Lipinski definition) is 3. The Morgan fingerprint density at radius 1 is 0.958 bits per heavy atom. The highest BCUT2D eigenvalue weighted by atomic mass is 16.2. The number of unbranched alkanes of at least 4 members (excludes halogenated alkanes) is 6. The highest BCUT2D eigenvalue weighted by Gasteiger charge is 2.27. The number of nitrogens with one attached hydrogen (secondary N) is 1. The van der Waals surface area contributed by atoms with Crippen molar-refractivity contribution >= 4 is 11.8 Å². The van der Waals surface area contributed by atoms with Gasteiger partial charge in [0.25, 0.3) is 0 Å². The van der Waals surface area contributed by atoms with Crippen molar-refractivity contribution in [3.8, 4) is 0 Å². The Morgan fingerprint density at radius 2 is 1.46 bits per heavy atom. The van der Waals surface area contributed by atoms with Crippen molar-refractivity contribution in [1.29, 1.82) is 0 Å². The summed E-state index contributed by atoms with van der Waals surface area (Å²) in [6, 6.07) is -0.664. The van der Waals surface area contributed by atoms with E-state index in [1.165, 1.54) is 38.5 Å². The van der Waals surface area contributed by atoms with Crippen LogP contribution in [0.2, 0.25) is 0 Å². The molecular formula is C19H39N3O2. The molecule has 0 aliphatic heterocycles. The van der Waals surface area contributed by atoms with Crippen LogP contribution in [-0.4, -0.2) is 23.4 Å². The fourth-order valence-corrected chi connectivity index (χ4v) is 2.95. The van der Waals surface area contributed by atoms with Gasteiger partial charge in [-0.2, -0.15) is 0 Å². The Kier molecular flexibility index (Phi) is 12.6. The van der Waals surface area contributed by atoms with Gasteiger partial charge in [0.2, 0.25) is 11.8 Å². The van der Waals surface area contributed by atoms with E-state index >= 15 is 0 Å². The van der Waals surface area contributed by atoms with E-state index in [1.54, 1.807) is 0 Å². The average molecular weight is 342 g/mol. The minimum atomic E-state index is -0.664. The highest BCUT2D eigenvalue weighted by Crippen LogP contribution is 2.23. The molecule has 0 aliphatic rings. The standard InChI is InChI=1S/C19H39N3O2/c1-4-6-8-9-11-15-19(3,14-10-7-5-2)22-18(24)16(20)12-13-17(21)23/h16H,4-15,20H2,1-3H3,(H2,21,23)(H,22,24). The first-order valence-corrected chi connectivity index (χ1v) is 9.70. The Labute approximate surface area is 148 Å². The Bertz CT molecular complexity index is 361. The van der Waals surface area contributed by atoms with Crippen molar-refractivity contribution < 1.29 is 9.59 Å². The fraction of sp³-hybridized carbons (Fsp3) is 0.895. The number of nitrogens with two attached hydrogens (primary N) is 2. The SMILES string of the molecule is CCCCCCCC(C)(CCCCC)NC(=O)C(N)CCC(N)=O. The second-order valence-electron chi connectivity index (χ2n) is 7.28. The van der Waals surface area contributed by atoms with E-state index in [1.807, 2.05) is 0 Å². The molecule has 0 saturated heterocycles. The molecule has 0 rings (SSSR count). The minimum absolute atomic E-state index is 0.151. The van der Waals surface area contributed by atoms with Crippen molar-refractivity contribution in [1.82, 2.24) is 5.32 Å². The zero-order valence-corrected chi connectivity index (χ0v) is 16.0. The topological polar surface area (TPSA) is 98.2 Å². The van der Waals surface area contributed by atoms with Crippen LogP contribution in [0.15, 0.2) is 0 Å². The first-order valence-electron chi connectivity index (χ1n) is 9.70. The smallest absolute Gasteiger partial charge is 0.237 e. The predicted molar refractivity (Wildman–Crippen MR) is 100 cm³/mol. The van der Waals surface area contributed by atoms with E-state index < -0.39 is 11.9 Å². The molecule has 0 aromatic carbocycles. The van der Waals surface area contributed by atoms with Crippen molar-refractivity contribution in [2.45, 2.75) is 109 Å². The Hall–Kier alpha value is -1.10. The predicted octanol–water partition coefficient (Wildman–Crippen LogP) is 3.39. The zero-order chi connectivity index (χ0) is 18.4. The van der Waals surface area contributed by atoms with E-state index in [4.69, 9.17) is 11.5 Å². The van der Waals surface area contributed by atoms with Crippen LogP contribution in [0.25, 0.3) is 0 Å². The Balaban J connectivity index is 4.49. The van der Waals surface area contributed by atoms with Crippen LogP contribution < -0.4 is 16.8 Å². The molecule has 0 spiro atoms. The summed E-state index contributed by atoms with van der Waals surface area (Å²) in [4.78, 5) is 23.2. The lowest BCUT2D eigenvalue weighted by Gasteiger charge is -2.32. The summed E-state index contributed by atoms with van der Waals surface area (Å²) in [5.41, 5.74) is 10.8. The van der Waals surface area contributed by atoms with Gasteiger partial charge in [0, 0.05) is 12.0 Å². The molecule has 0 heterocycles. The van der Waals surface area contributed by atoms with Gasteiger partial charge in [0.15, 0.2) is 0 Å². The molecule has 0 fully saturated rings. The maximum atomic E-state index is 12.4. The van der Waals surface area contributed by atoms with Crippen molar-refractivity contribution in [3.63, 3.8) is 0 Å². The quantitative estimate of drug-likeness (QED) is 0.398. The van der Waals surface area contributed by atoms with Crippen LogP contribution in [0.5, 0.6) is 0 Å². The Morgan fingerprint density at radius 3 is 2.00 bits per heavy atom. The number of hydrogen-bond acceptors (Lipinski definition) is 3. The van der Waals surface area contributed by atoms with Crippen LogP contribution in [0.1, 0.15) is 97.8 Å². The van der Waals surface area contributed by atoms with Crippen LogP contribution in [0.3, 0.4) is 0 Å². The molecule has 24 heavy (non-hydrogen) atoms. The summed E-state index contributed by atoms with van der Waals surface area (Å²) < 4.78 is 0. The van der Waals surface area contributed by atoms with Crippen molar-refractivity contribution in [2.75, 3.05) is 0 Å². The molecule has 0 aromatic rings. The maximum Gasteiger partial charge on any atom is 0.237 e. The van der Waals surface area contributed by atoms with Gasteiger partial charge in [-0.25, -0.2) is 0 Å². The number of carbonyl (C=O) groups excluding carboxylic acids is 2. The van der Waals surface area contributed by atoms with Gasteiger partial charge < -0.3 is 16.8 Å². The molecule has 142 valence electrons. The normalized spacial score (nSPS) is 14.8. The molecule has 0 saturated carbocycles. The van der Waals surface area contributed by atoms with Gasteiger partial charge >= 0.3 is 0 Å². The third kappa shape index (κ3) is 11.4. The molecule has 0 aliphatic carbocycles. The number of rotatable bonds is 15. The second kappa shape index (κ2) is 13.2. The van der Waals surface area contributed by atoms with Crippen LogP contribution in [0, 0.1) is 0 Å². The van der Waals surface area contributed by atoms with Gasteiger partial charge in [0.1, 0.15) is 0 Å². The van der Waals surface area contributed by atoms with E-state index in [-0.39, 0.29) is 17.9 Å². The summed E-state index contributed by atoms with van der Waals surface area (Å²) >= 11 is 0. The first-order chi connectivity index (χ1) is 11.3. The van der Waals surface area contributed by atoms with Gasteiger partial charge in [-0.1, -0.05) is 65.2 Å². The molecule has 5 nitrogen and oxygen atoms in total. The lowest BCUT2D eigenvalue weighted by Crippen LogP contribution is -2.52. The second-order valence-corrected chi connectivity index (χ2v) is 7.28. The zero-order valence-electron chi connectivity index (χ0n) is 16.0. The van der Waals surface area contributed by atoms with Crippen LogP contribution in [0.4, 0.5) is 0 Å². The molecule has 2 unspecified atom stereocenters. The third-order valence-electron chi connectivity index (χ3n) is 4.63. The van der Waals surface area contributed by atoms with Gasteiger partial charge in [-0.05, 0) is 26.2 Å². The number of primary amides is 1. The molecule has 2 amide bonds. The summed E-state index contributed by atoms with van der Waals surface area (Å²) in [5.74, 6) is -0.580. The molecule has 2 atom stereocenters. The van der Waals surface area contributed by atoms with Crippen molar-refractivity contribution in [2.24, 2.45) is 11.5 Å². The molecule has 0 radical (unpaired) electrons. The van der Waals surface area contributed by atoms with E-state index in [0.29, 0.717) is 6.42 Å². The molecule has 5 heteroatoms. The van der Waals surface area contributed by atoms with E-state index in [9.17, 15) is 9.59 Å². The highest BCUT2D eigenvalue weighted by molar-refractivity contribution is 5.83. The molecular weight excluding hydrogens is 302 g/mol. The third-order valence-corrected chi connectivity index (χ3v) is 4.63. The number of carbonyl (C=O) groups is 2. The largest absolute Gasteiger partial charge is 0.370 e. The maximum absolute atomic E-state index is 12.4. The molecule has 5 N–H and O–H groups in total. The molecule has 0 aromatic heterocycles. The van der Waals surface area contributed by atoms with E-state index in [0.717, 1.165) is 25.7 Å². The molecule has 0 bridgehead atoms. The van der Waals surface area contributed by atoms with Crippen LogP contribution in [-0.2, 0) is 9.59 Å². The average Bonchev–Trinajstić information content (AvgIpc) is 2.52. The van der Waals surface area contributed by atoms with Gasteiger partial charge in [-0.3, -0.25) is 9.59 Å². The fourth-order valence-electron chi connectivity index (χ4n) is 2.95. The van der Waals surface area contributed by atoms with Crippen molar-refractivity contribution in [3.05, 3.63) is 0 Å². The minimum Gasteiger partial charge on any atom is -0.370 e. The van der Waals surface area contributed by atoms with Gasteiger partial charge in [-0.15, -0.1) is 0 Å².